The molecule has 0 aliphatic carbocycles. The Balaban J connectivity index is 1.71. The molecule has 0 N–H and O–H groups in total. The maximum absolute atomic E-state index is 13.0. The molecule has 0 saturated heterocycles. The molecule has 6 heteroatoms. The molecule has 0 unspecified atom stereocenters. The van der Waals surface area contributed by atoms with Crippen molar-refractivity contribution in [3.63, 3.8) is 0 Å². The van der Waals surface area contributed by atoms with Crippen LogP contribution in [-0.4, -0.2) is 27.6 Å². The van der Waals surface area contributed by atoms with Crippen molar-refractivity contribution in [3.8, 4) is 5.75 Å². The number of nitrogens with zero attached hydrogens (tertiary/aromatic N) is 3. The molecule has 26 heavy (non-hydrogen) atoms. The van der Waals surface area contributed by atoms with Crippen molar-refractivity contribution < 1.29 is 13.9 Å². The third-order valence-electron chi connectivity index (χ3n) is 3.95. The van der Waals surface area contributed by atoms with Crippen LogP contribution in [0.25, 0.3) is 0 Å². The Kier molecular flexibility index (Phi) is 5.31. The van der Waals surface area contributed by atoms with Gasteiger partial charge in [0.05, 0.1) is 11.8 Å². The Labute approximate surface area is 151 Å². The molecule has 0 fully saturated rings. The highest BCUT2D eigenvalue weighted by molar-refractivity contribution is 5.96. The summed E-state index contributed by atoms with van der Waals surface area (Å²) in [6, 6.07) is 13.2. The van der Waals surface area contributed by atoms with Crippen LogP contribution < -0.4 is 4.74 Å². The average Bonchev–Trinajstić information content (AvgIpc) is 3.05. The zero-order valence-corrected chi connectivity index (χ0v) is 14.7. The fourth-order valence-corrected chi connectivity index (χ4v) is 2.62. The van der Waals surface area contributed by atoms with Crippen molar-refractivity contribution in [2.45, 2.75) is 13.2 Å². The fourth-order valence-electron chi connectivity index (χ4n) is 2.62. The monoisotopic (exact) mass is 353 g/mol. The predicted octanol–water partition coefficient (Wildman–Crippen LogP) is 3.41. The number of amides is 1. The number of carbonyl (C=O) groups excluding carboxylic acids is 1. The minimum atomic E-state index is -0.290. The fraction of sp³-hybridized carbons (Fsp3) is 0.200. The highest BCUT2D eigenvalue weighted by Gasteiger charge is 2.17. The number of carbonyl (C=O) groups is 1. The summed E-state index contributed by atoms with van der Waals surface area (Å²) in [4.78, 5) is 14.4. The van der Waals surface area contributed by atoms with E-state index in [1.54, 1.807) is 53.2 Å². The molecule has 0 aliphatic rings. The average molecular weight is 353 g/mol. The van der Waals surface area contributed by atoms with Gasteiger partial charge >= 0.3 is 0 Å². The number of para-hydroxylation sites is 1. The van der Waals surface area contributed by atoms with E-state index in [9.17, 15) is 9.18 Å². The minimum absolute atomic E-state index is 0.136. The Morgan fingerprint density at radius 1 is 1.15 bits per heavy atom. The van der Waals surface area contributed by atoms with E-state index in [1.807, 2.05) is 19.3 Å². The summed E-state index contributed by atoms with van der Waals surface area (Å²) in [5, 5.41) is 4.12. The summed E-state index contributed by atoms with van der Waals surface area (Å²) >= 11 is 0. The number of hydrogen-bond acceptors (Lipinski definition) is 3. The van der Waals surface area contributed by atoms with Gasteiger partial charge in [0, 0.05) is 32.4 Å². The zero-order chi connectivity index (χ0) is 18.5. The van der Waals surface area contributed by atoms with Crippen LogP contribution >= 0.6 is 0 Å². The second kappa shape index (κ2) is 7.82. The van der Waals surface area contributed by atoms with Crippen molar-refractivity contribution in [1.82, 2.24) is 14.7 Å². The Hall–Kier alpha value is -3.15. The number of hydrogen-bond donors (Lipinski definition) is 0. The number of aromatic nitrogens is 2. The molecule has 0 aliphatic heterocycles. The summed E-state index contributed by atoms with van der Waals surface area (Å²) in [6.07, 6.45) is 3.61. The maximum Gasteiger partial charge on any atom is 0.257 e. The summed E-state index contributed by atoms with van der Waals surface area (Å²) < 4.78 is 20.5. The molecule has 0 saturated carbocycles. The standard InChI is InChI=1S/C20H20FN3O2/c1-23(12-16-11-22-24(2)13-16)20(25)18-5-3-4-6-19(18)26-14-15-7-9-17(21)10-8-15/h3-11,13H,12,14H2,1-2H3. The van der Waals surface area contributed by atoms with Gasteiger partial charge in [-0.3, -0.25) is 9.48 Å². The first-order valence-electron chi connectivity index (χ1n) is 8.22. The SMILES string of the molecule is CN(Cc1cnn(C)c1)C(=O)c1ccccc1OCc1ccc(F)cc1. The van der Waals surface area contributed by atoms with Gasteiger partial charge in [-0.05, 0) is 29.8 Å². The lowest BCUT2D eigenvalue weighted by atomic mass is 10.1. The molecular formula is C20H20FN3O2. The van der Waals surface area contributed by atoms with Crippen molar-refractivity contribution in [2.75, 3.05) is 7.05 Å². The Morgan fingerprint density at radius 2 is 1.88 bits per heavy atom. The molecule has 1 aromatic heterocycles. The van der Waals surface area contributed by atoms with E-state index in [4.69, 9.17) is 4.74 Å². The summed E-state index contributed by atoms with van der Waals surface area (Å²) in [6.45, 7) is 0.718. The molecule has 2 aromatic carbocycles. The van der Waals surface area contributed by atoms with E-state index in [-0.39, 0.29) is 18.3 Å². The van der Waals surface area contributed by atoms with Crippen LogP contribution in [0.4, 0.5) is 4.39 Å². The molecule has 1 heterocycles. The van der Waals surface area contributed by atoms with Gasteiger partial charge in [0.15, 0.2) is 0 Å². The van der Waals surface area contributed by atoms with Gasteiger partial charge in [-0.15, -0.1) is 0 Å². The van der Waals surface area contributed by atoms with Gasteiger partial charge in [-0.1, -0.05) is 24.3 Å². The van der Waals surface area contributed by atoms with E-state index < -0.39 is 0 Å². The number of rotatable bonds is 6. The number of aryl methyl sites for hydroxylation is 1. The van der Waals surface area contributed by atoms with Crippen molar-refractivity contribution in [1.29, 1.82) is 0 Å². The first-order valence-corrected chi connectivity index (χ1v) is 8.22. The number of halogens is 1. The second-order valence-corrected chi connectivity index (χ2v) is 6.09. The largest absolute Gasteiger partial charge is 0.488 e. The second-order valence-electron chi connectivity index (χ2n) is 6.09. The van der Waals surface area contributed by atoms with E-state index >= 15 is 0 Å². The smallest absolute Gasteiger partial charge is 0.257 e. The van der Waals surface area contributed by atoms with Gasteiger partial charge in [-0.25, -0.2) is 4.39 Å². The lowest BCUT2D eigenvalue weighted by Crippen LogP contribution is -2.26. The van der Waals surface area contributed by atoms with Gasteiger partial charge in [0.2, 0.25) is 0 Å². The summed E-state index contributed by atoms with van der Waals surface area (Å²) in [5.41, 5.74) is 2.27. The quantitative estimate of drug-likeness (QED) is 0.682. The van der Waals surface area contributed by atoms with Crippen molar-refractivity contribution in [3.05, 3.63) is 83.4 Å². The summed E-state index contributed by atoms with van der Waals surface area (Å²) in [5.74, 6) is 0.0739. The maximum atomic E-state index is 13.0. The summed E-state index contributed by atoms with van der Waals surface area (Å²) in [7, 11) is 3.58. The van der Waals surface area contributed by atoms with E-state index in [1.165, 1.54) is 12.1 Å². The van der Waals surface area contributed by atoms with Crippen LogP contribution in [0.3, 0.4) is 0 Å². The van der Waals surface area contributed by atoms with Crippen LogP contribution in [0.15, 0.2) is 60.9 Å². The zero-order valence-electron chi connectivity index (χ0n) is 14.7. The molecule has 0 spiro atoms. The molecule has 0 bridgehead atoms. The molecule has 3 rings (SSSR count). The Bertz CT molecular complexity index is 890. The lowest BCUT2D eigenvalue weighted by Gasteiger charge is -2.18. The topological polar surface area (TPSA) is 47.4 Å². The van der Waals surface area contributed by atoms with Gasteiger partial charge in [0.1, 0.15) is 18.2 Å². The van der Waals surface area contributed by atoms with Crippen LogP contribution in [0.2, 0.25) is 0 Å². The first kappa shape index (κ1) is 17.7. The molecule has 0 radical (unpaired) electrons. The van der Waals surface area contributed by atoms with Crippen LogP contribution in [-0.2, 0) is 20.2 Å². The predicted molar refractivity (Wildman–Crippen MR) is 96.2 cm³/mol. The van der Waals surface area contributed by atoms with Gasteiger partial charge in [0.25, 0.3) is 5.91 Å². The van der Waals surface area contributed by atoms with E-state index in [2.05, 4.69) is 5.10 Å². The molecule has 0 atom stereocenters. The van der Waals surface area contributed by atoms with Crippen LogP contribution in [0.1, 0.15) is 21.5 Å². The molecule has 5 nitrogen and oxygen atoms in total. The third kappa shape index (κ3) is 4.27. The van der Waals surface area contributed by atoms with E-state index in [0.717, 1.165) is 11.1 Å². The highest BCUT2D eigenvalue weighted by atomic mass is 19.1. The normalized spacial score (nSPS) is 10.6. The van der Waals surface area contributed by atoms with Crippen LogP contribution in [0.5, 0.6) is 5.75 Å². The van der Waals surface area contributed by atoms with Crippen molar-refractivity contribution in [2.24, 2.45) is 7.05 Å². The Morgan fingerprint density at radius 3 is 2.58 bits per heavy atom. The van der Waals surface area contributed by atoms with Gasteiger partial charge in [-0.2, -0.15) is 5.10 Å². The molecule has 1 amide bonds. The van der Waals surface area contributed by atoms with Crippen LogP contribution in [0, 0.1) is 5.82 Å². The number of ether oxygens (including phenoxy) is 1. The van der Waals surface area contributed by atoms with Crippen molar-refractivity contribution >= 4 is 5.91 Å². The molecular weight excluding hydrogens is 333 g/mol. The molecule has 134 valence electrons. The van der Waals surface area contributed by atoms with Gasteiger partial charge < -0.3 is 9.64 Å². The minimum Gasteiger partial charge on any atom is -0.488 e. The highest BCUT2D eigenvalue weighted by Crippen LogP contribution is 2.21. The third-order valence-corrected chi connectivity index (χ3v) is 3.95. The molecule has 3 aromatic rings. The number of benzene rings is 2. The lowest BCUT2D eigenvalue weighted by molar-refractivity contribution is 0.0780. The van der Waals surface area contributed by atoms with E-state index in [0.29, 0.717) is 17.9 Å². The first-order chi connectivity index (χ1) is 12.5.